The first-order valence-electron chi connectivity index (χ1n) is 3.46. The van der Waals surface area contributed by atoms with Gasteiger partial charge in [-0.1, -0.05) is 46.9 Å². The molecule has 1 aromatic rings. The maximum Gasteiger partial charge on any atom is 0.356 e. The van der Waals surface area contributed by atoms with E-state index in [9.17, 15) is 9.90 Å². The SMILES string of the molecule is O=C(O)C(O)(Cl)c1cccc(Cl)c1Cl. The molecular weight excluding hydrogens is 250 g/mol. The van der Waals surface area contributed by atoms with Crippen molar-refractivity contribution in [2.24, 2.45) is 0 Å². The topological polar surface area (TPSA) is 57.5 Å². The lowest BCUT2D eigenvalue weighted by molar-refractivity contribution is -0.150. The average Bonchev–Trinajstić information content (AvgIpc) is 2.09. The summed E-state index contributed by atoms with van der Waals surface area (Å²) in [6, 6.07) is 4.19. The molecule has 0 aliphatic rings. The van der Waals surface area contributed by atoms with Crippen LogP contribution in [0.2, 0.25) is 10.0 Å². The normalized spacial score (nSPS) is 14.9. The minimum absolute atomic E-state index is 0.0749. The molecule has 0 saturated heterocycles. The molecule has 6 heteroatoms. The Morgan fingerprint density at radius 1 is 1.36 bits per heavy atom. The zero-order chi connectivity index (χ0) is 10.9. The molecule has 0 amide bonds. The molecule has 0 saturated carbocycles. The lowest BCUT2D eigenvalue weighted by Crippen LogP contribution is -2.29. The number of carboxylic acids is 1. The molecule has 0 bridgehead atoms. The number of aliphatic hydroxyl groups is 1. The highest BCUT2D eigenvalue weighted by atomic mass is 35.5. The first-order valence-corrected chi connectivity index (χ1v) is 4.60. The molecular formula is C8H5Cl3O3. The van der Waals surface area contributed by atoms with Gasteiger partial charge in [-0.15, -0.1) is 0 Å². The van der Waals surface area contributed by atoms with Gasteiger partial charge in [-0.25, -0.2) is 4.79 Å². The Labute approximate surface area is 94.8 Å². The predicted molar refractivity (Wildman–Crippen MR) is 53.8 cm³/mol. The summed E-state index contributed by atoms with van der Waals surface area (Å²) < 4.78 is 0. The number of rotatable bonds is 2. The van der Waals surface area contributed by atoms with Gasteiger partial charge in [0.05, 0.1) is 10.0 Å². The fourth-order valence-corrected chi connectivity index (χ4v) is 1.52. The number of carbonyl (C=O) groups is 1. The maximum absolute atomic E-state index is 10.6. The van der Waals surface area contributed by atoms with Crippen molar-refractivity contribution in [2.75, 3.05) is 0 Å². The van der Waals surface area contributed by atoms with E-state index in [2.05, 4.69) is 0 Å². The fourth-order valence-electron chi connectivity index (χ4n) is 0.875. The van der Waals surface area contributed by atoms with Crippen molar-refractivity contribution in [3.8, 4) is 0 Å². The van der Waals surface area contributed by atoms with Gasteiger partial charge in [0.25, 0.3) is 5.06 Å². The Kier molecular flexibility index (Phi) is 3.27. The number of hydrogen-bond donors (Lipinski definition) is 2. The number of hydrogen-bond acceptors (Lipinski definition) is 2. The van der Waals surface area contributed by atoms with Crippen LogP contribution in [0.1, 0.15) is 5.56 Å². The van der Waals surface area contributed by atoms with E-state index < -0.39 is 11.0 Å². The van der Waals surface area contributed by atoms with Crippen molar-refractivity contribution in [3.05, 3.63) is 33.8 Å². The summed E-state index contributed by atoms with van der Waals surface area (Å²) in [4.78, 5) is 10.6. The molecule has 0 aliphatic carbocycles. The summed E-state index contributed by atoms with van der Waals surface area (Å²) in [7, 11) is 0. The number of halogens is 3. The predicted octanol–water partition coefficient (Wildman–Crippen LogP) is 2.46. The van der Waals surface area contributed by atoms with E-state index in [0.717, 1.165) is 0 Å². The fraction of sp³-hybridized carbons (Fsp3) is 0.125. The first-order chi connectivity index (χ1) is 6.37. The number of aliphatic carboxylic acids is 1. The van der Waals surface area contributed by atoms with E-state index in [4.69, 9.17) is 39.9 Å². The van der Waals surface area contributed by atoms with E-state index in [1.54, 1.807) is 0 Å². The third-order valence-corrected chi connectivity index (χ3v) is 2.78. The van der Waals surface area contributed by atoms with Gasteiger partial charge < -0.3 is 10.2 Å². The molecule has 1 rings (SSSR count). The van der Waals surface area contributed by atoms with E-state index in [1.165, 1.54) is 18.2 Å². The standard InChI is InChI=1S/C8H5Cl3O3/c9-5-3-1-2-4(6(5)10)8(11,14)7(12)13/h1-3,14H,(H,12,13). The Morgan fingerprint density at radius 3 is 2.43 bits per heavy atom. The molecule has 1 unspecified atom stereocenters. The van der Waals surface area contributed by atoms with Crippen LogP contribution in [0.3, 0.4) is 0 Å². The molecule has 0 radical (unpaired) electrons. The monoisotopic (exact) mass is 254 g/mol. The lowest BCUT2D eigenvalue weighted by atomic mass is 10.1. The minimum Gasteiger partial charge on any atom is -0.478 e. The quantitative estimate of drug-likeness (QED) is 0.798. The maximum atomic E-state index is 10.6. The third-order valence-electron chi connectivity index (χ3n) is 1.59. The second-order valence-corrected chi connectivity index (χ2v) is 3.86. The van der Waals surface area contributed by atoms with Crippen LogP contribution in [0, 0.1) is 0 Å². The summed E-state index contributed by atoms with van der Waals surface area (Å²) >= 11 is 16.7. The zero-order valence-corrected chi connectivity index (χ0v) is 8.94. The third kappa shape index (κ3) is 1.96. The van der Waals surface area contributed by atoms with Crippen molar-refractivity contribution < 1.29 is 15.0 Å². The molecule has 1 atom stereocenters. The van der Waals surface area contributed by atoms with Crippen LogP contribution in [0.5, 0.6) is 0 Å². The van der Waals surface area contributed by atoms with Gasteiger partial charge in [-0.3, -0.25) is 0 Å². The molecule has 1 aromatic carbocycles. The second-order valence-electron chi connectivity index (χ2n) is 2.53. The van der Waals surface area contributed by atoms with Gasteiger partial charge in [0.15, 0.2) is 0 Å². The van der Waals surface area contributed by atoms with Crippen LogP contribution in [0.15, 0.2) is 18.2 Å². The summed E-state index contributed by atoms with van der Waals surface area (Å²) in [5, 5.41) is 15.5. The van der Waals surface area contributed by atoms with Gasteiger partial charge in [0.1, 0.15) is 0 Å². The molecule has 14 heavy (non-hydrogen) atoms. The molecule has 0 aromatic heterocycles. The summed E-state index contributed by atoms with van der Waals surface area (Å²) in [6.07, 6.45) is 0. The summed E-state index contributed by atoms with van der Waals surface area (Å²) in [5.41, 5.74) is -0.152. The molecule has 0 fully saturated rings. The molecule has 0 aliphatic heterocycles. The van der Waals surface area contributed by atoms with Gasteiger partial charge in [-0.2, -0.15) is 0 Å². The molecule has 0 spiro atoms. The summed E-state index contributed by atoms with van der Waals surface area (Å²) in [6.45, 7) is 0. The molecule has 3 nitrogen and oxygen atoms in total. The van der Waals surface area contributed by atoms with Gasteiger partial charge in [-0.05, 0) is 6.07 Å². The van der Waals surface area contributed by atoms with E-state index >= 15 is 0 Å². The van der Waals surface area contributed by atoms with Gasteiger partial charge >= 0.3 is 5.97 Å². The van der Waals surface area contributed by atoms with E-state index in [-0.39, 0.29) is 15.6 Å². The van der Waals surface area contributed by atoms with Crippen LogP contribution >= 0.6 is 34.8 Å². The second kappa shape index (κ2) is 3.95. The van der Waals surface area contributed by atoms with E-state index in [0.29, 0.717) is 0 Å². The highest BCUT2D eigenvalue weighted by Gasteiger charge is 2.37. The van der Waals surface area contributed by atoms with Crippen LogP contribution in [0.4, 0.5) is 0 Å². The largest absolute Gasteiger partial charge is 0.478 e. The van der Waals surface area contributed by atoms with Crippen LogP contribution in [-0.2, 0) is 9.85 Å². The highest BCUT2D eigenvalue weighted by Crippen LogP contribution is 2.35. The van der Waals surface area contributed by atoms with Crippen LogP contribution in [-0.4, -0.2) is 16.2 Å². The number of alkyl halides is 1. The van der Waals surface area contributed by atoms with Gasteiger partial charge in [0.2, 0.25) is 0 Å². The molecule has 2 N–H and O–H groups in total. The Morgan fingerprint density at radius 2 is 1.93 bits per heavy atom. The van der Waals surface area contributed by atoms with Crippen LogP contribution in [0.25, 0.3) is 0 Å². The van der Waals surface area contributed by atoms with Crippen LogP contribution < -0.4 is 0 Å². The number of carboxylic acid groups (broad SMARTS) is 1. The Bertz CT molecular complexity index is 376. The van der Waals surface area contributed by atoms with Gasteiger partial charge in [0, 0.05) is 5.56 Å². The minimum atomic E-state index is -2.55. The van der Waals surface area contributed by atoms with E-state index in [1.807, 2.05) is 0 Å². The van der Waals surface area contributed by atoms with Crippen molar-refractivity contribution in [3.63, 3.8) is 0 Å². The average molecular weight is 255 g/mol. The smallest absolute Gasteiger partial charge is 0.356 e. The highest BCUT2D eigenvalue weighted by molar-refractivity contribution is 6.44. The Hall–Kier alpha value is -0.480. The molecule has 0 heterocycles. The molecule has 76 valence electrons. The first kappa shape index (κ1) is 11.6. The Balaban J connectivity index is 3.33. The van der Waals surface area contributed by atoms with Crippen molar-refractivity contribution >= 4 is 40.8 Å². The van der Waals surface area contributed by atoms with Crippen molar-refractivity contribution in [2.45, 2.75) is 5.06 Å². The zero-order valence-electron chi connectivity index (χ0n) is 6.67. The van der Waals surface area contributed by atoms with Crippen molar-refractivity contribution in [1.82, 2.24) is 0 Å². The summed E-state index contributed by atoms with van der Waals surface area (Å²) in [5.74, 6) is -1.61. The van der Waals surface area contributed by atoms with Crippen molar-refractivity contribution in [1.29, 1.82) is 0 Å². The lowest BCUT2D eigenvalue weighted by Gasteiger charge is -2.17. The number of benzene rings is 1.